The summed E-state index contributed by atoms with van der Waals surface area (Å²) >= 11 is 7.23. The highest BCUT2D eigenvalue weighted by Gasteiger charge is 2.29. The Labute approximate surface area is 261 Å². The molecule has 8 heteroatoms. The third-order valence-corrected chi connectivity index (χ3v) is 8.94. The number of hydrogen-bond acceptors (Lipinski definition) is 4. The number of fused-ring (bicyclic) bond motifs is 2. The van der Waals surface area contributed by atoms with Gasteiger partial charge in [-0.15, -0.1) is 0 Å². The van der Waals surface area contributed by atoms with Crippen molar-refractivity contribution < 1.29 is 18.9 Å². The van der Waals surface area contributed by atoms with Gasteiger partial charge in [-0.1, -0.05) is 56.1 Å². The summed E-state index contributed by atoms with van der Waals surface area (Å²) in [5, 5.41) is 2.02. The van der Waals surface area contributed by atoms with Gasteiger partial charge >= 0.3 is 0 Å². The van der Waals surface area contributed by atoms with Gasteiger partial charge in [0.1, 0.15) is 23.0 Å². The molecule has 2 heterocycles. The first-order chi connectivity index (χ1) is 20.3. The van der Waals surface area contributed by atoms with E-state index in [1.54, 1.807) is 28.4 Å². The standard InChI is InChI=1S/C34H30Br2N2O4/c1-37-25-15-23(39-3)17-27(41-5)31(25)29(19-7-11-21(35)12-8-19)33(37)34-30(20-9-13-22(36)14-10-20)32-26(38(34)2)16-24(40-4)18-28(32)42-6/h7-18H,1-6H3. The molecule has 0 aliphatic carbocycles. The molecule has 0 aliphatic heterocycles. The smallest absolute Gasteiger partial charge is 0.132 e. The van der Waals surface area contributed by atoms with Crippen LogP contribution in [0.5, 0.6) is 23.0 Å². The molecule has 0 amide bonds. The van der Waals surface area contributed by atoms with Crippen LogP contribution in [0.3, 0.4) is 0 Å². The zero-order valence-corrected chi connectivity index (χ0v) is 27.4. The number of halogens is 2. The molecule has 0 saturated carbocycles. The fraction of sp³-hybridized carbons (Fsp3) is 0.176. The average Bonchev–Trinajstić information content (AvgIpc) is 3.47. The molecule has 0 radical (unpaired) electrons. The third kappa shape index (κ3) is 4.44. The zero-order valence-electron chi connectivity index (χ0n) is 24.2. The quantitative estimate of drug-likeness (QED) is 0.168. The summed E-state index contributed by atoms with van der Waals surface area (Å²) in [6.07, 6.45) is 0. The summed E-state index contributed by atoms with van der Waals surface area (Å²) in [5.41, 5.74) is 8.33. The highest BCUT2D eigenvalue weighted by atomic mass is 79.9. The highest BCUT2D eigenvalue weighted by molar-refractivity contribution is 9.10. The number of aryl methyl sites for hydroxylation is 2. The zero-order chi connectivity index (χ0) is 29.7. The van der Waals surface area contributed by atoms with Gasteiger partial charge in [-0.3, -0.25) is 0 Å². The van der Waals surface area contributed by atoms with Crippen LogP contribution in [0.1, 0.15) is 0 Å². The lowest BCUT2D eigenvalue weighted by Gasteiger charge is -2.14. The molecular formula is C34H30Br2N2O4. The second-order valence-corrected chi connectivity index (χ2v) is 11.9. The molecule has 214 valence electrons. The summed E-state index contributed by atoms with van der Waals surface area (Å²) in [6, 6.07) is 24.8. The maximum absolute atomic E-state index is 5.99. The number of methoxy groups -OCH3 is 4. The minimum atomic E-state index is 0.727. The van der Waals surface area contributed by atoms with Crippen molar-refractivity contribution in [2.75, 3.05) is 28.4 Å². The van der Waals surface area contributed by atoms with Crippen LogP contribution in [0, 0.1) is 0 Å². The predicted octanol–water partition coefficient (Wildman–Crippen LogP) is 9.23. The third-order valence-electron chi connectivity index (χ3n) is 7.88. The van der Waals surface area contributed by atoms with Crippen molar-refractivity contribution in [2.24, 2.45) is 14.1 Å². The van der Waals surface area contributed by atoms with E-state index < -0.39 is 0 Å². The number of benzene rings is 4. The summed E-state index contributed by atoms with van der Waals surface area (Å²) in [7, 11) is 10.9. The fourth-order valence-corrected chi connectivity index (χ4v) is 6.43. The molecule has 0 aliphatic rings. The van der Waals surface area contributed by atoms with E-state index in [-0.39, 0.29) is 0 Å². The summed E-state index contributed by atoms with van der Waals surface area (Å²) in [4.78, 5) is 0. The number of nitrogens with zero attached hydrogens (tertiary/aromatic N) is 2. The van der Waals surface area contributed by atoms with Gasteiger partial charge in [0.2, 0.25) is 0 Å². The first-order valence-electron chi connectivity index (χ1n) is 13.3. The molecule has 6 aromatic rings. The molecule has 2 aromatic heterocycles. The maximum Gasteiger partial charge on any atom is 0.132 e. The van der Waals surface area contributed by atoms with Crippen LogP contribution >= 0.6 is 31.9 Å². The van der Waals surface area contributed by atoms with Gasteiger partial charge in [-0.2, -0.15) is 0 Å². The maximum atomic E-state index is 5.99. The second kappa shape index (κ2) is 11.1. The molecule has 0 spiro atoms. The van der Waals surface area contributed by atoms with Gasteiger partial charge in [0.25, 0.3) is 0 Å². The van der Waals surface area contributed by atoms with Gasteiger partial charge in [0.05, 0.1) is 61.6 Å². The topological polar surface area (TPSA) is 46.8 Å². The van der Waals surface area contributed by atoms with Crippen LogP contribution in [0.2, 0.25) is 0 Å². The highest BCUT2D eigenvalue weighted by Crippen LogP contribution is 2.52. The van der Waals surface area contributed by atoms with Crippen molar-refractivity contribution >= 4 is 53.7 Å². The molecule has 0 N–H and O–H groups in total. The predicted molar refractivity (Wildman–Crippen MR) is 177 cm³/mol. The molecule has 4 aromatic carbocycles. The van der Waals surface area contributed by atoms with Crippen LogP contribution in [0.4, 0.5) is 0 Å². The minimum Gasteiger partial charge on any atom is -0.497 e. The Kier molecular flexibility index (Phi) is 7.45. The van der Waals surface area contributed by atoms with Gasteiger partial charge in [0, 0.05) is 58.4 Å². The fourth-order valence-electron chi connectivity index (χ4n) is 5.90. The van der Waals surface area contributed by atoms with Gasteiger partial charge < -0.3 is 28.1 Å². The Balaban J connectivity index is 1.86. The molecule has 0 fully saturated rings. The lowest BCUT2D eigenvalue weighted by molar-refractivity contribution is 0.397. The van der Waals surface area contributed by atoms with Crippen LogP contribution in [0.15, 0.2) is 81.7 Å². The summed E-state index contributed by atoms with van der Waals surface area (Å²) < 4.78 is 29.9. The molecule has 0 atom stereocenters. The Morgan fingerprint density at radius 2 is 0.857 bits per heavy atom. The van der Waals surface area contributed by atoms with Crippen molar-refractivity contribution in [3.63, 3.8) is 0 Å². The van der Waals surface area contributed by atoms with E-state index in [4.69, 9.17) is 18.9 Å². The Bertz CT molecular complexity index is 1810. The number of aromatic nitrogens is 2. The lowest BCUT2D eigenvalue weighted by Crippen LogP contribution is -2.00. The number of hydrogen-bond donors (Lipinski definition) is 0. The Morgan fingerprint density at radius 3 is 1.17 bits per heavy atom. The molecular weight excluding hydrogens is 660 g/mol. The molecule has 0 bridgehead atoms. The summed E-state index contributed by atoms with van der Waals surface area (Å²) in [5.74, 6) is 2.94. The van der Waals surface area contributed by atoms with Crippen molar-refractivity contribution in [3.8, 4) is 56.6 Å². The van der Waals surface area contributed by atoms with Crippen LogP contribution in [-0.4, -0.2) is 37.6 Å². The lowest BCUT2D eigenvalue weighted by atomic mass is 9.95. The second-order valence-electron chi connectivity index (χ2n) is 10.0. The van der Waals surface area contributed by atoms with Crippen LogP contribution in [-0.2, 0) is 14.1 Å². The monoisotopic (exact) mass is 688 g/mol. The van der Waals surface area contributed by atoms with Crippen molar-refractivity contribution in [1.29, 1.82) is 0 Å². The van der Waals surface area contributed by atoms with E-state index >= 15 is 0 Å². The van der Waals surface area contributed by atoms with Crippen molar-refractivity contribution in [2.45, 2.75) is 0 Å². The van der Waals surface area contributed by atoms with E-state index in [0.29, 0.717) is 0 Å². The molecule has 0 saturated heterocycles. The van der Waals surface area contributed by atoms with Crippen LogP contribution in [0.25, 0.3) is 55.4 Å². The first kappa shape index (κ1) is 28.2. The molecule has 6 rings (SSSR count). The first-order valence-corrected chi connectivity index (χ1v) is 14.9. The normalized spacial score (nSPS) is 11.3. The summed E-state index contributed by atoms with van der Waals surface area (Å²) in [6.45, 7) is 0. The number of ether oxygens (including phenoxy) is 4. The largest absolute Gasteiger partial charge is 0.497 e. The Morgan fingerprint density at radius 1 is 0.500 bits per heavy atom. The van der Waals surface area contributed by atoms with Crippen LogP contribution < -0.4 is 18.9 Å². The SMILES string of the molecule is COc1cc(OC)c2c(-c3ccc(Br)cc3)c(-c3c(-c4ccc(Br)cc4)c4c(OC)cc(OC)cc4n3C)n(C)c2c1. The van der Waals surface area contributed by atoms with Crippen molar-refractivity contribution in [1.82, 2.24) is 9.13 Å². The van der Waals surface area contributed by atoms with Gasteiger partial charge in [-0.25, -0.2) is 0 Å². The van der Waals surface area contributed by atoms with E-state index in [1.165, 1.54) is 0 Å². The average molecular weight is 690 g/mol. The van der Waals surface area contributed by atoms with E-state index in [0.717, 1.165) is 87.4 Å². The molecule has 6 nitrogen and oxygen atoms in total. The minimum absolute atomic E-state index is 0.727. The van der Waals surface area contributed by atoms with E-state index in [1.807, 2.05) is 12.1 Å². The van der Waals surface area contributed by atoms with E-state index in [2.05, 4.69) is 116 Å². The number of rotatable bonds is 7. The molecule has 0 unspecified atom stereocenters. The van der Waals surface area contributed by atoms with Crippen molar-refractivity contribution in [3.05, 3.63) is 81.7 Å². The van der Waals surface area contributed by atoms with E-state index in [9.17, 15) is 0 Å². The Hall–Kier alpha value is -3.88. The van der Waals surface area contributed by atoms with Gasteiger partial charge in [-0.05, 0) is 35.4 Å². The van der Waals surface area contributed by atoms with Gasteiger partial charge in [0.15, 0.2) is 0 Å². The molecule has 42 heavy (non-hydrogen) atoms.